The maximum absolute atomic E-state index is 10.8. The molecular formula is C14H13N5O2. The lowest BCUT2D eigenvalue weighted by molar-refractivity contribution is -0.385. The van der Waals surface area contributed by atoms with Gasteiger partial charge in [-0.1, -0.05) is 6.07 Å². The number of anilines is 1. The van der Waals surface area contributed by atoms with Crippen LogP contribution in [0, 0.1) is 21.4 Å². The molecule has 0 aromatic carbocycles. The molecule has 0 aliphatic heterocycles. The summed E-state index contributed by atoms with van der Waals surface area (Å²) in [6, 6.07) is 10.3. The summed E-state index contributed by atoms with van der Waals surface area (Å²) in [5, 5.41) is 19.7. The van der Waals surface area contributed by atoms with E-state index in [1.165, 1.54) is 12.1 Å². The molecule has 2 heterocycles. The molecule has 0 N–H and O–H groups in total. The summed E-state index contributed by atoms with van der Waals surface area (Å²) >= 11 is 0. The molecular weight excluding hydrogens is 270 g/mol. The van der Waals surface area contributed by atoms with E-state index >= 15 is 0 Å². The van der Waals surface area contributed by atoms with Crippen LogP contribution in [0.4, 0.5) is 11.5 Å². The highest BCUT2D eigenvalue weighted by atomic mass is 16.6. The molecule has 0 unspecified atom stereocenters. The van der Waals surface area contributed by atoms with Crippen molar-refractivity contribution in [3.63, 3.8) is 0 Å². The van der Waals surface area contributed by atoms with Crippen molar-refractivity contribution in [1.29, 1.82) is 5.26 Å². The van der Waals surface area contributed by atoms with E-state index in [1.807, 2.05) is 30.1 Å². The number of rotatable bonds is 5. The first-order valence-corrected chi connectivity index (χ1v) is 6.28. The number of hydrogen-bond donors (Lipinski definition) is 0. The zero-order valence-corrected chi connectivity index (χ0v) is 11.4. The number of hydrogen-bond acceptors (Lipinski definition) is 6. The van der Waals surface area contributed by atoms with Gasteiger partial charge in [0.1, 0.15) is 11.9 Å². The van der Waals surface area contributed by atoms with Crippen molar-refractivity contribution in [2.75, 3.05) is 18.5 Å². The molecule has 0 aliphatic carbocycles. The molecule has 0 atom stereocenters. The van der Waals surface area contributed by atoms with Gasteiger partial charge in [-0.05, 0) is 18.2 Å². The smallest absolute Gasteiger partial charge is 0.305 e. The van der Waals surface area contributed by atoms with Gasteiger partial charge in [0.25, 0.3) is 0 Å². The maximum Gasteiger partial charge on any atom is 0.305 e. The van der Waals surface area contributed by atoms with Crippen molar-refractivity contribution in [3.05, 3.63) is 58.0 Å². The Morgan fingerprint density at radius 2 is 2.19 bits per heavy atom. The van der Waals surface area contributed by atoms with Gasteiger partial charge in [-0.15, -0.1) is 0 Å². The first-order chi connectivity index (χ1) is 10.1. The molecule has 0 fully saturated rings. The first-order valence-electron chi connectivity index (χ1n) is 6.28. The highest BCUT2D eigenvalue weighted by Crippen LogP contribution is 2.20. The van der Waals surface area contributed by atoms with E-state index in [9.17, 15) is 10.1 Å². The van der Waals surface area contributed by atoms with E-state index in [1.54, 1.807) is 12.3 Å². The minimum absolute atomic E-state index is 0.179. The molecule has 0 saturated carbocycles. The molecule has 106 valence electrons. The maximum atomic E-state index is 10.8. The molecule has 0 spiro atoms. The van der Waals surface area contributed by atoms with Crippen molar-refractivity contribution in [1.82, 2.24) is 9.97 Å². The minimum atomic E-state index is -0.608. The Balaban J connectivity index is 2.11. The predicted molar refractivity (Wildman–Crippen MR) is 76.8 cm³/mol. The SMILES string of the molecule is CN(CCc1ccccn1)c1ccc([N+](=O)[O-])c(C#N)n1. The van der Waals surface area contributed by atoms with E-state index in [4.69, 9.17) is 5.26 Å². The van der Waals surface area contributed by atoms with Crippen LogP contribution < -0.4 is 4.90 Å². The monoisotopic (exact) mass is 283 g/mol. The predicted octanol–water partition coefficient (Wildman–Crippen LogP) is 1.94. The minimum Gasteiger partial charge on any atom is -0.359 e. The van der Waals surface area contributed by atoms with Gasteiger partial charge in [-0.3, -0.25) is 15.1 Å². The number of aromatic nitrogens is 2. The lowest BCUT2D eigenvalue weighted by Crippen LogP contribution is -2.22. The average molecular weight is 283 g/mol. The van der Waals surface area contributed by atoms with Crippen molar-refractivity contribution < 1.29 is 4.92 Å². The lowest BCUT2D eigenvalue weighted by atomic mass is 10.2. The fourth-order valence-electron chi connectivity index (χ4n) is 1.83. The molecule has 2 rings (SSSR count). The van der Waals surface area contributed by atoms with Crippen LogP contribution in [0.1, 0.15) is 11.4 Å². The van der Waals surface area contributed by atoms with E-state index < -0.39 is 4.92 Å². The average Bonchev–Trinajstić information content (AvgIpc) is 2.52. The fourth-order valence-corrected chi connectivity index (χ4v) is 1.83. The molecule has 2 aromatic heterocycles. The standard InChI is InChI=1S/C14H13N5O2/c1-18(9-7-11-4-2-3-8-16-11)14-6-5-13(19(20)21)12(10-15)17-14/h2-6,8H,7,9H2,1H3. The number of nitriles is 1. The third-order valence-corrected chi connectivity index (χ3v) is 2.98. The Hall–Kier alpha value is -3.01. The highest BCUT2D eigenvalue weighted by Gasteiger charge is 2.16. The van der Waals surface area contributed by atoms with Gasteiger partial charge in [0, 0.05) is 38.0 Å². The summed E-state index contributed by atoms with van der Waals surface area (Å²) in [5.41, 5.74) is 0.494. The summed E-state index contributed by atoms with van der Waals surface area (Å²) in [6.07, 6.45) is 2.45. The third kappa shape index (κ3) is 3.51. The van der Waals surface area contributed by atoms with Gasteiger partial charge in [-0.2, -0.15) is 5.26 Å². The van der Waals surface area contributed by atoms with Crippen molar-refractivity contribution in [2.45, 2.75) is 6.42 Å². The number of likely N-dealkylation sites (N-methyl/N-ethyl adjacent to an activating group) is 1. The molecule has 7 nitrogen and oxygen atoms in total. The molecule has 2 aromatic rings. The van der Waals surface area contributed by atoms with Crippen molar-refractivity contribution in [2.24, 2.45) is 0 Å². The molecule has 0 amide bonds. The lowest BCUT2D eigenvalue weighted by Gasteiger charge is -2.17. The summed E-state index contributed by atoms with van der Waals surface area (Å²) in [4.78, 5) is 20.2. The zero-order chi connectivity index (χ0) is 15.2. The van der Waals surface area contributed by atoms with Crippen molar-refractivity contribution >= 4 is 11.5 Å². The summed E-state index contributed by atoms with van der Waals surface area (Å²) in [5.74, 6) is 0.521. The van der Waals surface area contributed by atoms with E-state index in [0.29, 0.717) is 12.4 Å². The van der Waals surface area contributed by atoms with Crippen LogP contribution in [0.15, 0.2) is 36.5 Å². The Kier molecular flexibility index (Phi) is 4.41. The molecule has 0 aliphatic rings. The van der Waals surface area contributed by atoms with Crippen LogP contribution in [0.5, 0.6) is 0 Å². The Labute approximate surface area is 121 Å². The Morgan fingerprint density at radius 1 is 1.38 bits per heavy atom. The van der Waals surface area contributed by atoms with Crippen LogP contribution in [0.3, 0.4) is 0 Å². The van der Waals surface area contributed by atoms with Crippen LogP contribution in [0.2, 0.25) is 0 Å². The second kappa shape index (κ2) is 6.43. The van der Waals surface area contributed by atoms with Crippen molar-refractivity contribution in [3.8, 4) is 6.07 Å². The van der Waals surface area contributed by atoms with Crippen LogP contribution in [-0.4, -0.2) is 28.5 Å². The second-order valence-electron chi connectivity index (χ2n) is 4.40. The van der Waals surface area contributed by atoms with E-state index in [0.717, 1.165) is 12.1 Å². The summed E-state index contributed by atoms with van der Waals surface area (Å²) in [7, 11) is 1.82. The van der Waals surface area contributed by atoms with Gasteiger partial charge in [-0.25, -0.2) is 4.98 Å². The van der Waals surface area contributed by atoms with Gasteiger partial charge >= 0.3 is 5.69 Å². The summed E-state index contributed by atoms with van der Waals surface area (Å²) < 4.78 is 0. The number of nitrogens with zero attached hydrogens (tertiary/aromatic N) is 5. The molecule has 0 saturated heterocycles. The fraction of sp³-hybridized carbons (Fsp3) is 0.214. The molecule has 7 heteroatoms. The summed E-state index contributed by atoms with van der Waals surface area (Å²) in [6.45, 7) is 0.646. The van der Waals surface area contributed by atoms with E-state index in [-0.39, 0.29) is 11.4 Å². The normalized spacial score (nSPS) is 9.90. The van der Waals surface area contributed by atoms with Crippen LogP contribution in [0.25, 0.3) is 0 Å². The highest BCUT2D eigenvalue weighted by molar-refractivity contribution is 5.51. The first kappa shape index (κ1) is 14.4. The number of nitro groups is 1. The molecule has 21 heavy (non-hydrogen) atoms. The molecule has 0 radical (unpaired) electrons. The molecule has 0 bridgehead atoms. The zero-order valence-electron chi connectivity index (χ0n) is 11.4. The third-order valence-electron chi connectivity index (χ3n) is 2.98. The van der Waals surface area contributed by atoms with E-state index in [2.05, 4.69) is 9.97 Å². The van der Waals surface area contributed by atoms with Gasteiger partial charge < -0.3 is 4.90 Å². The quantitative estimate of drug-likeness (QED) is 0.614. The van der Waals surface area contributed by atoms with Gasteiger partial charge in [0.15, 0.2) is 0 Å². The second-order valence-corrected chi connectivity index (χ2v) is 4.40. The van der Waals surface area contributed by atoms with Gasteiger partial charge in [0.2, 0.25) is 5.69 Å². The van der Waals surface area contributed by atoms with Gasteiger partial charge in [0.05, 0.1) is 4.92 Å². The topological polar surface area (TPSA) is 96.0 Å². The number of pyridine rings is 2. The van der Waals surface area contributed by atoms with Crippen LogP contribution in [-0.2, 0) is 6.42 Å². The van der Waals surface area contributed by atoms with Crippen LogP contribution >= 0.6 is 0 Å². The largest absolute Gasteiger partial charge is 0.359 e. The Morgan fingerprint density at radius 3 is 2.81 bits per heavy atom. The Bertz CT molecular complexity index is 682.